The Hall–Kier alpha value is -1.88. The summed E-state index contributed by atoms with van der Waals surface area (Å²) in [5.74, 6) is 1.68. The number of nitrogens with one attached hydrogen (secondary N) is 1. The summed E-state index contributed by atoms with van der Waals surface area (Å²) in [7, 11) is 0. The molecular weight excluding hydrogens is 262 g/mol. The SMILES string of the molecule is Cc1cccc(Cc2nc(N3CCCC(N)C3C)n[nH]2)c1. The predicted octanol–water partition coefficient (Wildman–Crippen LogP) is 2.02. The van der Waals surface area contributed by atoms with Crippen LogP contribution in [0.2, 0.25) is 0 Å². The summed E-state index contributed by atoms with van der Waals surface area (Å²) in [4.78, 5) is 6.86. The van der Waals surface area contributed by atoms with E-state index < -0.39 is 0 Å². The van der Waals surface area contributed by atoms with Crippen molar-refractivity contribution in [3.05, 3.63) is 41.2 Å². The number of H-pyrrole nitrogens is 1. The van der Waals surface area contributed by atoms with Gasteiger partial charge < -0.3 is 10.6 Å². The number of piperidine rings is 1. The monoisotopic (exact) mass is 285 g/mol. The lowest BCUT2D eigenvalue weighted by molar-refractivity contribution is 0.416. The van der Waals surface area contributed by atoms with Gasteiger partial charge in [-0.05, 0) is 32.3 Å². The Bertz CT molecular complexity index is 606. The number of hydrogen-bond donors (Lipinski definition) is 2. The Morgan fingerprint density at radius 1 is 1.43 bits per heavy atom. The number of hydrogen-bond acceptors (Lipinski definition) is 4. The minimum Gasteiger partial charge on any atom is -0.335 e. The van der Waals surface area contributed by atoms with Gasteiger partial charge in [-0.15, -0.1) is 5.10 Å². The molecule has 1 saturated heterocycles. The van der Waals surface area contributed by atoms with E-state index in [0.717, 1.165) is 37.6 Å². The van der Waals surface area contributed by atoms with E-state index in [9.17, 15) is 0 Å². The lowest BCUT2D eigenvalue weighted by Crippen LogP contribution is -2.50. The zero-order chi connectivity index (χ0) is 14.8. The van der Waals surface area contributed by atoms with Crippen LogP contribution in [0, 0.1) is 6.92 Å². The molecule has 0 amide bonds. The number of benzene rings is 1. The minimum absolute atomic E-state index is 0.206. The van der Waals surface area contributed by atoms with Crippen molar-refractivity contribution < 1.29 is 0 Å². The van der Waals surface area contributed by atoms with Crippen molar-refractivity contribution in [1.82, 2.24) is 15.2 Å². The molecule has 21 heavy (non-hydrogen) atoms. The average Bonchev–Trinajstić information content (AvgIpc) is 2.90. The molecule has 0 radical (unpaired) electrons. The number of nitrogens with two attached hydrogens (primary N) is 1. The molecule has 1 fully saturated rings. The molecule has 3 rings (SSSR count). The zero-order valence-corrected chi connectivity index (χ0v) is 12.7. The topological polar surface area (TPSA) is 70.8 Å². The molecule has 1 aliphatic heterocycles. The second kappa shape index (κ2) is 5.85. The largest absolute Gasteiger partial charge is 0.335 e. The van der Waals surface area contributed by atoms with Gasteiger partial charge in [0.1, 0.15) is 5.82 Å². The van der Waals surface area contributed by atoms with Crippen LogP contribution in [-0.4, -0.2) is 33.8 Å². The van der Waals surface area contributed by atoms with Crippen molar-refractivity contribution >= 4 is 5.95 Å². The van der Waals surface area contributed by atoms with Crippen LogP contribution in [0.4, 0.5) is 5.95 Å². The van der Waals surface area contributed by atoms with Gasteiger partial charge in [0.25, 0.3) is 0 Å². The molecule has 0 aliphatic carbocycles. The van der Waals surface area contributed by atoms with Crippen LogP contribution in [-0.2, 0) is 6.42 Å². The summed E-state index contributed by atoms with van der Waals surface area (Å²) in [5, 5.41) is 7.44. The molecule has 1 aliphatic rings. The van der Waals surface area contributed by atoms with Crippen LogP contribution in [0.15, 0.2) is 24.3 Å². The Morgan fingerprint density at radius 3 is 3.10 bits per heavy atom. The number of aromatic nitrogens is 3. The van der Waals surface area contributed by atoms with Crippen LogP contribution in [0.3, 0.4) is 0 Å². The van der Waals surface area contributed by atoms with Gasteiger partial charge in [-0.3, -0.25) is 5.10 Å². The van der Waals surface area contributed by atoms with Crippen LogP contribution in [0.25, 0.3) is 0 Å². The van der Waals surface area contributed by atoms with Gasteiger partial charge in [-0.1, -0.05) is 29.8 Å². The maximum atomic E-state index is 6.15. The highest BCUT2D eigenvalue weighted by atomic mass is 15.4. The highest BCUT2D eigenvalue weighted by Crippen LogP contribution is 2.21. The quantitative estimate of drug-likeness (QED) is 0.905. The Labute approximate surface area is 125 Å². The second-order valence-electron chi connectivity index (χ2n) is 5.99. The number of aryl methyl sites for hydroxylation is 1. The summed E-state index contributed by atoms with van der Waals surface area (Å²) in [6.07, 6.45) is 2.97. The lowest BCUT2D eigenvalue weighted by atomic mass is 9.99. The average molecular weight is 285 g/mol. The summed E-state index contributed by atoms with van der Waals surface area (Å²) < 4.78 is 0. The summed E-state index contributed by atoms with van der Waals surface area (Å²) in [6.45, 7) is 5.24. The summed E-state index contributed by atoms with van der Waals surface area (Å²) in [6, 6.07) is 8.98. The molecule has 2 unspecified atom stereocenters. The molecule has 5 nitrogen and oxygen atoms in total. The van der Waals surface area contributed by atoms with Crippen LogP contribution in [0.1, 0.15) is 36.7 Å². The van der Waals surface area contributed by atoms with E-state index >= 15 is 0 Å². The first-order valence-electron chi connectivity index (χ1n) is 7.62. The maximum absolute atomic E-state index is 6.15. The number of anilines is 1. The Kier molecular flexibility index (Phi) is 3.92. The van der Waals surface area contributed by atoms with Crippen LogP contribution >= 0.6 is 0 Å². The fourth-order valence-electron chi connectivity index (χ4n) is 2.96. The van der Waals surface area contributed by atoms with Crippen molar-refractivity contribution in [2.24, 2.45) is 5.73 Å². The van der Waals surface area contributed by atoms with Crippen molar-refractivity contribution in [2.75, 3.05) is 11.4 Å². The third kappa shape index (κ3) is 3.08. The molecule has 112 valence electrons. The number of aromatic amines is 1. The van der Waals surface area contributed by atoms with Gasteiger partial charge >= 0.3 is 0 Å². The van der Waals surface area contributed by atoms with E-state index in [2.05, 4.69) is 58.2 Å². The van der Waals surface area contributed by atoms with E-state index in [4.69, 9.17) is 5.73 Å². The van der Waals surface area contributed by atoms with Crippen molar-refractivity contribution in [3.8, 4) is 0 Å². The summed E-state index contributed by atoms with van der Waals surface area (Å²) in [5.41, 5.74) is 8.66. The minimum atomic E-state index is 0.206. The first-order valence-corrected chi connectivity index (χ1v) is 7.62. The van der Waals surface area contributed by atoms with E-state index in [1.54, 1.807) is 0 Å². The first kappa shape index (κ1) is 14.1. The number of nitrogens with zero attached hydrogens (tertiary/aromatic N) is 3. The van der Waals surface area contributed by atoms with E-state index in [1.807, 2.05) is 0 Å². The molecule has 0 bridgehead atoms. The van der Waals surface area contributed by atoms with Gasteiger partial charge in [0.05, 0.1) is 0 Å². The van der Waals surface area contributed by atoms with Crippen LogP contribution < -0.4 is 10.6 Å². The molecule has 2 atom stereocenters. The molecule has 0 saturated carbocycles. The summed E-state index contributed by atoms with van der Waals surface area (Å²) >= 11 is 0. The predicted molar refractivity (Wildman–Crippen MR) is 84.4 cm³/mol. The van der Waals surface area contributed by atoms with Crippen LogP contribution in [0.5, 0.6) is 0 Å². The fraction of sp³-hybridized carbons (Fsp3) is 0.500. The smallest absolute Gasteiger partial charge is 0.245 e. The molecule has 3 N–H and O–H groups in total. The van der Waals surface area contributed by atoms with Gasteiger partial charge in [0.15, 0.2) is 0 Å². The molecule has 2 heterocycles. The standard InChI is InChI=1S/C16H23N5/c1-11-5-3-6-13(9-11)10-15-18-16(20-19-15)21-8-4-7-14(17)12(21)2/h3,5-6,9,12,14H,4,7-8,10,17H2,1-2H3,(H,18,19,20). The third-order valence-electron chi connectivity index (χ3n) is 4.28. The van der Waals surface area contributed by atoms with Gasteiger partial charge in [-0.25, -0.2) is 0 Å². The highest BCUT2D eigenvalue weighted by Gasteiger charge is 2.27. The lowest BCUT2D eigenvalue weighted by Gasteiger charge is -2.36. The second-order valence-corrected chi connectivity index (χ2v) is 5.99. The first-order chi connectivity index (χ1) is 10.1. The zero-order valence-electron chi connectivity index (χ0n) is 12.7. The van der Waals surface area contributed by atoms with Crippen molar-refractivity contribution in [2.45, 2.75) is 45.2 Å². The molecular formula is C16H23N5. The molecule has 2 aromatic rings. The highest BCUT2D eigenvalue weighted by molar-refractivity contribution is 5.33. The van der Waals surface area contributed by atoms with Gasteiger partial charge in [0, 0.05) is 25.0 Å². The van der Waals surface area contributed by atoms with E-state index in [-0.39, 0.29) is 6.04 Å². The third-order valence-corrected chi connectivity index (χ3v) is 4.28. The Balaban J connectivity index is 1.74. The van der Waals surface area contributed by atoms with Crippen molar-refractivity contribution in [1.29, 1.82) is 0 Å². The fourth-order valence-corrected chi connectivity index (χ4v) is 2.96. The normalized spacial score (nSPS) is 22.5. The van der Waals surface area contributed by atoms with Gasteiger partial charge in [-0.2, -0.15) is 4.98 Å². The Morgan fingerprint density at radius 2 is 2.29 bits per heavy atom. The van der Waals surface area contributed by atoms with E-state index in [0.29, 0.717) is 6.04 Å². The molecule has 0 spiro atoms. The molecule has 1 aromatic heterocycles. The van der Waals surface area contributed by atoms with E-state index in [1.165, 1.54) is 11.1 Å². The number of rotatable bonds is 3. The van der Waals surface area contributed by atoms with Gasteiger partial charge in [0.2, 0.25) is 5.95 Å². The van der Waals surface area contributed by atoms with Crippen molar-refractivity contribution in [3.63, 3.8) is 0 Å². The molecule has 5 heteroatoms. The maximum Gasteiger partial charge on any atom is 0.245 e. The molecule has 1 aromatic carbocycles.